The van der Waals surface area contributed by atoms with Gasteiger partial charge in [-0.05, 0) is 38.0 Å². The van der Waals surface area contributed by atoms with Crippen LogP contribution in [0.15, 0.2) is 41.4 Å². The van der Waals surface area contributed by atoms with E-state index in [0.717, 1.165) is 36.9 Å². The largest absolute Gasteiger partial charge is 0.307 e. The number of sulfone groups is 1. The molecule has 1 aliphatic carbocycles. The van der Waals surface area contributed by atoms with Gasteiger partial charge in [0.05, 0.1) is 15.8 Å². The molecule has 0 spiro atoms. The van der Waals surface area contributed by atoms with Crippen molar-refractivity contribution in [2.75, 3.05) is 0 Å². The first kappa shape index (κ1) is 17.2. The summed E-state index contributed by atoms with van der Waals surface area (Å²) in [4.78, 5) is 0.437. The lowest BCUT2D eigenvalue weighted by Gasteiger charge is -2.32. The quantitative estimate of drug-likeness (QED) is 0.903. The zero-order chi connectivity index (χ0) is 17.2. The molecule has 1 heterocycles. The summed E-state index contributed by atoms with van der Waals surface area (Å²) in [6.45, 7) is 2.61. The van der Waals surface area contributed by atoms with Gasteiger partial charge in [0.15, 0.2) is 9.84 Å². The molecule has 1 aromatic heterocycles. The van der Waals surface area contributed by atoms with Gasteiger partial charge in [0.1, 0.15) is 0 Å². The molecule has 1 aromatic carbocycles. The lowest BCUT2D eigenvalue weighted by atomic mass is 9.95. The van der Waals surface area contributed by atoms with Crippen LogP contribution in [0.2, 0.25) is 0 Å². The molecule has 1 aliphatic rings. The summed E-state index contributed by atoms with van der Waals surface area (Å²) in [7, 11) is -1.41. The SMILES string of the molecule is Cc1ccc(S(=O)(=O)[C@@H]2CCCC[C@@H]2NCc2ccnn2C)cc1. The first-order valence-electron chi connectivity index (χ1n) is 8.49. The van der Waals surface area contributed by atoms with E-state index in [9.17, 15) is 8.42 Å². The third-order valence-corrected chi connectivity index (χ3v) is 7.21. The Morgan fingerprint density at radius 1 is 1.17 bits per heavy atom. The monoisotopic (exact) mass is 347 g/mol. The van der Waals surface area contributed by atoms with Gasteiger partial charge in [-0.15, -0.1) is 0 Å². The minimum atomic E-state index is -3.31. The van der Waals surface area contributed by atoms with Crippen LogP contribution >= 0.6 is 0 Å². The Morgan fingerprint density at radius 3 is 2.54 bits per heavy atom. The van der Waals surface area contributed by atoms with Crippen molar-refractivity contribution in [3.63, 3.8) is 0 Å². The summed E-state index contributed by atoms with van der Waals surface area (Å²) < 4.78 is 28.0. The van der Waals surface area contributed by atoms with Crippen LogP contribution < -0.4 is 5.32 Å². The second kappa shape index (κ2) is 7.07. The Balaban J connectivity index is 1.78. The van der Waals surface area contributed by atoms with Crippen LogP contribution in [-0.4, -0.2) is 29.5 Å². The van der Waals surface area contributed by atoms with Gasteiger partial charge < -0.3 is 5.32 Å². The molecule has 2 aromatic rings. The second-order valence-electron chi connectivity index (χ2n) is 6.61. The summed E-state index contributed by atoms with van der Waals surface area (Å²) in [5.41, 5.74) is 2.13. The van der Waals surface area contributed by atoms with Crippen molar-refractivity contribution >= 4 is 9.84 Å². The Kier molecular flexibility index (Phi) is 5.06. The fraction of sp³-hybridized carbons (Fsp3) is 0.500. The maximum absolute atomic E-state index is 13.1. The van der Waals surface area contributed by atoms with Gasteiger partial charge >= 0.3 is 0 Å². The van der Waals surface area contributed by atoms with E-state index in [1.807, 2.05) is 36.9 Å². The van der Waals surface area contributed by atoms with Crippen molar-refractivity contribution in [3.05, 3.63) is 47.8 Å². The number of nitrogens with one attached hydrogen (secondary N) is 1. The number of hydrogen-bond donors (Lipinski definition) is 1. The Morgan fingerprint density at radius 2 is 1.88 bits per heavy atom. The van der Waals surface area contributed by atoms with Crippen molar-refractivity contribution in [3.8, 4) is 0 Å². The van der Waals surface area contributed by atoms with Crippen LogP contribution in [0.25, 0.3) is 0 Å². The molecule has 0 saturated heterocycles. The zero-order valence-electron chi connectivity index (χ0n) is 14.3. The van der Waals surface area contributed by atoms with Crippen molar-refractivity contribution in [2.24, 2.45) is 7.05 Å². The van der Waals surface area contributed by atoms with E-state index in [1.165, 1.54) is 0 Å². The molecule has 1 N–H and O–H groups in total. The molecule has 0 radical (unpaired) electrons. The van der Waals surface area contributed by atoms with E-state index >= 15 is 0 Å². The van der Waals surface area contributed by atoms with E-state index < -0.39 is 9.84 Å². The van der Waals surface area contributed by atoms with Gasteiger partial charge in [-0.2, -0.15) is 5.10 Å². The minimum absolute atomic E-state index is 0.0139. The Hall–Kier alpha value is -1.66. The topological polar surface area (TPSA) is 64.0 Å². The smallest absolute Gasteiger partial charge is 0.182 e. The number of benzene rings is 1. The molecule has 0 aliphatic heterocycles. The molecule has 3 rings (SSSR count). The maximum Gasteiger partial charge on any atom is 0.182 e. The lowest BCUT2D eigenvalue weighted by molar-refractivity contribution is 0.366. The lowest BCUT2D eigenvalue weighted by Crippen LogP contribution is -2.46. The number of nitrogens with zero attached hydrogens (tertiary/aromatic N) is 2. The molecule has 0 amide bonds. The summed E-state index contributed by atoms with van der Waals surface area (Å²) >= 11 is 0. The Bertz CT molecular complexity index is 781. The average molecular weight is 347 g/mol. The zero-order valence-corrected chi connectivity index (χ0v) is 15.1. The molecule has 5 nitrogen and oxygen atoms in total. The first-order valence-corrected chi connectivity index (χ1v) is 10.0. The normalized spacial score (nSPS) is 21.8. The van der Waals surface area contributed by atoms with Crippen molar-refractivity contribution in [2.45, 2.75) is 55.3 Å². The van der Waals surface area contributed by atoms with Crippen LogP contribution in [0.5, 0.6) is 0 Å². The number of aryl methyl sites for hydroxylation is 2. The number of hydrogen-bond acceptors (Lipinski definition) is 4. The standard InChI is InChI=1S/C18H25N3O2S/c1-14-7-9-16(10-8-14)24(22,23)18-6-4-3-5-17(18)19-13-15-11-12-20-21(15)2/h7-12,17-19H,3-6,13H2,1-2H3/t17-,18+/m0/s1. The van der Waals surface area contributed by atoms with E-state index in [4.69, 9.17) is 0 Å². The molecule has 1 fully saturated rings. The van der Waals surface area contributed by atoms with Crippen LogP contribution in [-0.2, 0) is 23.4 Å². The predicted octanol–water partition coefficient (Wildman–Crippen LogP) is 2.60. The molecule has 24 heavy (non-hydrogen) atoms. The highest BCUT2D eigenvalue weighted by molar-refractivity contribution is 7.92. The van der Waals surface area contributed by atoms with E-state index in [-0.39, 0.29) is 11.3 Å². The molecule has 1 saturated carbocycles. The molecule has 0 unspecified atom stereocenters. The van der Waals surface area contributed by atoms with Gasteiger partial charge in [0.25, 0.3) is 0 Å². The third kappa shape index (κ3) is 3.54. The molecule has 0 bridgehead atoms. The van der Waals surface area contributed by atoms with Crippen LogP contribution in [0.3, 0.4) is 0 Å². The van der Waals surface area contributed by atoms with Gasteiger partial charge in [-0.3, -0.25) is 4.68 Å². The molecule has 130 valence electrons. The fourth-order valence-corrected chi connectivity index (χ4v) is 5.42. The molecular weight excluding hydrogens is 322 g/mol. The summed E-state index contributed by atoms with van der Waals surface area (Å²) in [6, 6.07) is 9.15. The van der Waals surface area contributed by atoms with Crippen molar-refractivity contribution < 1.29 is 8.42 Å². The fourth-order valence-electron chi connectivity index (χ4n) is 3.41. The van der Waals surface area contributed by atoms with E-state index in [1.54, 1.807) is 18.3 Å². The highest BCUT2D eigenvalue weighted by Gasteiger charge is 2.36. The minimum Gasteiger partial charge on any atom is -0.307 e. The van der Waals surface area contributed by atoms with Gasteiger partial charge in [-0.1, -0.05) is 30.5 Å². The molecule has 2 atom stereocenters. The predicted molar refractivity (Wildman–Crippen MR) is 94.5 cm³/mol. The number of rotatable bonds is 5. The summed E-state index contributed by atoms with van der Waals surface area (Å²) in [5, 5.41) is 7.27. The highest BCUT2D eigenvalue weighted by Crippen LogP contribution is 2.29. The van der Waals surface area contributed by atoms with Crippen LogP contribution in [0.4, 0.5) is 0 Å². The summed E-state index contributed by atoms with van der Waals surface area (Å²) in [5.74, 6) is 0. The summed E-state index contributed by atoms with van der Waals surface area (Å²) in [6.07, 6.45) is 5.42. The van der Waals surface area contributed by atoms with Crippen LogP contribution in [0.1, 0.15) is 36.9 Å². The number of aromatic nitrogens is 2. The van der Waals surface area contributed by atoms with Crippen molar-refractivity contribution in [1.29, 1.82) is 0 Å². The second-order valence-corrected chi connectivity index (χ2v) is 8.78. The molecular formula is C18H25N3O2S. The highest BCUT2D eigenvalue weighted by atomic mass is 32.2. The van der Waals surface area contributed by atoms with Crippen LogP contribution in [0, 0.1) is 6.92 Å². The maximum atomic E-state index is 13.1. The van der Waals surface area contributed by atoms with Gasteiger partial charge in [0.2, 0.25) is 0 Å². The van der Waals surface area contributed by atoms with Crippen molar-refractivity contribution in [1.82, 2.24) is 15.1 Å². The average Bonchev–Trinajstić information content (AvgIpc) is 2.99. The van der Waals surface area contributed by atoms with E-state index in [2.05, 4.69) is 10.4 Å². The third-order valence-electron chi connectivity index (χ3n) is 4.92. The van der Waals surface area contributed by atoms with Gasteiger partial charge in [0, 0.05) is 25.8 Å². The van der Waals surface area contributed by atoms with E-state index in [0.29, 0.717) is 11.4 Å². The Labute approximate surface area is 144 Å². The van der Waals surface area contributed by atoms with Gasteiger partial charge in [-0.25, -0.2) is 8.42 Å². The first-order chi connectivity index (χ1) is 11.5. The molecule has 6 heteroatoms.